The van der Waals surface area contributed by atoms with Crippen LogP contribution >= 0.6 is 0 Å². The van der Waals surface area contributed by atoms with E-state index in [-0.39, 0.29) is 24.0 Å². The molecule has 1 aromatic heterocycles. The van der Waals surface area contributed by atoms with E-state index in [0.29, 0.717) is 35.5 Å². The molecule has 1 fully saturated rings. The molecule has 2 atom stereocenters. The van der Waals surface area contributed by atoms with Gasteiger partial charge in [-0.05, 0) is 79.4 Å². The molecular weight excluding hydrogens is 596 g/mol. The minimum atomic E-state index is -4.48. The van der Waals surface area contributed by atoms with Crippen molar-refractivity contribution < 1.29 is 30.8 Å². The molecule has 3 aromatic carbocycles. The summed E-state index contributed by atoms with van der Waals surface area (Å²) >= 11 is 0. The van der Waals surface area contributed by atoms with E-state index in [4.69, 9.17) is 0 Å². The number of pyridine rings is 1. The summed E-state index contributed by atoms with van der Waals surface area (Å²) in [6.07, 6.45) is -3.67. The van der Waals surface area contributed by atoms with Gasteiger partial charge in [0.2, 0.25) is 15.9 Å². The molecule has 2 heterocycles. The van der Waals surface area contributed by atoms with Crippen LogP contribution in [0.15, 0.2) is 95.9 Å². The van der Waals surface area contributed by atoms with Gasteiger partial charge in [-0.3, -0.25) is 4.79 Å². The molecule has 0 saturated carbocycles. The maximum absolute atomic E-state index is 13.4. The summed E-state index contributed by atoms with van der Waals surface area (Å²) in [6.45, 7) is 2.11. The maximum Gasteiger partial charge on any atom is 0.416 e. The average Bonchev–Trinajstić information content (AvgIpc) is 3.52. The minimum absolute atomic E-state index is 0.0182. The third kappa shape index (κ3) is 7.08. The van der Waals surface area contributed by atoms with Crippen molar-refractivity contribution in [3.8, 4) is 11.3 Å². The molecule has 0 bridgehead atoms. The Balaban J connectivity index is 1.38. The first-order valence-corrected chi connectivity index (χ1v) is 15.4. The summed E-state index contributed by atoms with van der Waals surface area (Å²) in [7, 11) is -4.03. The van der Waals surface area contributed by atoms with Crippen LogP contribution in [-0.4, -0.2) is 36.2 Å². The van der Waals surface area contributed by atoms with Crippen molar-refractivity contribution >= 4 is 21.7 Å². The second kappa shape index (κ2) is 12.7. The molecule has 44 heavy (non-hydrogen) atoms. The number of anilines is 1. The van der Waals surface area contributed by atoms with Crippen molar-refractivity contribution in [2.24, 2.45) is 0 Å². The molecule has 5 rings (SSSR count). The van der Waals surface area contributed by atoms with Gasteiger partial charge in [-0.1, -0.05) is 42.5 Å². The van der Waals surface area contributed by atoms with Gasteiger partial charge in [-0.15, -0.1) is 0 Å². The van der Waals surface area contributed by atoms with E-state index in [1.165, 1.54) is 24.3 Å². The number of carbonyl (C=O) groups excluding carboxylic acids is 1. The lowest BCUT2D eigenvalue weighted by Crippen LogP contribution is -2.45. The van der Waals surface area contributed by atoms with Gasteiger partial charge in [0.15, 0.2) is 0 Å². The molecule has 1 aliphatic rings. The van der Waals surface area contributed by atoms with E-state index in [1.807, 2.05) is 37.3 Å². The molecule has 12 heteroatoms. The number of nitrogens with one attached hydrogen (secondary N) is 2. The second-order valence-corrected chi connectivity index (χ2v) is 12.4. The minimum Gasteiger partial charge on any atom is -0.364 e. The number of hydrogen-bond acceptors (Lipinski definition) is 5. The van der Waals surface area contributed by atoms with E-state index in [9.17, 15) is 30.8 Å². The number of sulfonamides is 1. The van der Waals surface area contributed by atoms with Gasteiger partial charge in [-0.25, -0.2) is 17.8 Å². The van der Waals surface area contributed by atoms with Gasteiger partial charge >= 0.3 is 6.18 Å². The van der Waals surface area contributed by atoms with Crippen LogP contribution in [0.4, 0.5) is 23.4 Å². The van der Waals surface area contributed by atoms with E-state index in [2.05, 4.69) is 15.6 Å². The fourth-order valence-electron chi connectivity index (χ4n) is 5.13. The Morgan fingerprint density at radius 3 is 2.34 bits per heavy atom. The van der Waals surface area contributed by atoms with Crippen molar-refractivity contribution in [2.75, 3.05) is 11.9 Å². The van der Waals surface area contributed by atoms with Crippen LogP contribution in [0.3, 0.4) is 0 Å². The maximum atomic E-state index is 13.4. The number of carbonyl (C=O) groups is 1. The van der Waals surface area contributed by atoms with E-state index in [1.54, 1.807) is 12.1 Å². The summed E-state index contributed by atoms with van der Waals surface area (Å²) in [4.78, 5) is 17.8. The lowest BCUT2D eigenvalue weighted by Gasteiger charge is -2.23. The Morgan fingerprint density at radius 2 is 1.68 bits per heavy atom. The third-order valence-electron chi connectivity index (χ3n) is 7.45. The van der Waals surface area contributed by atoms with Crippen molar-refractivity contribution in [3.05, 3.63) is 114 Å². The fourth-order valence-corrected chi connectivity index (χ4v) is 6.78. The molecule has 4 aromatic rings. The predicted molar refractivity (Wildman–Crippen MR) is 158 cm³/mol. The fraction of sp³-hybridized carbons (Fsp3) is 0.250. The highest BCUT2D eigenvalue weighted by Gasteiger charge is 2.39. The number of aromatic nitrogens is 1. The van der Waals surface area contributed by atoms with Crippen molar-refractivity contribution in [2.45, 2.75) is 49.5 Å². The topological polar surface area (TPSA) is 91.4 Å². The highest BCUT2D eigenvalue weighted by Crippen LogP contribution is 2.32. The highest BCUT2D eigenvalue weighted by molar-refractivity contribution is 7.89. The molecule has 0 spiro atoms. The summed E-state index contributed by atoms with van der Waals surface area (Å²) < 4.78 is 80.4. The SMILES string of the molecule is CC(Nc1cc(CNC(=O)[C@@H]2CCCN2S(=O)(=O)c2ccc(F)cc2)cc(-c2ccc(C(F)(F)F)cc2)n1)c1ccccc1. The van der Waals surface area contributed by atoms with Gasteiger partial charge in [0.05, 0.1) is 16.2 Å². The van der Waals surface area contributed by atoms with Crippen molar-refractivity contribution in [1.82, 2.24) is 14.6 Å². The third-order valence-corrected chi connectivity index (χ3v) is 9.37. The Labute approximate surface area is 253 Å². The van der Waals surface area contributed by atoms with E-state index in [0.717, 1.165) is 34.1 Å². The monoisotopic (exact) mass is 626 g/mol. The zero-order chi connectivity index (χ0) is 31.5. The van der Waals surface area contributed by atoms with Crippen LogP contribution in [0.1, 0.15) is 42.5 Å². The number of amides is 1. The first-order valence-electron chi connectivity index (χ1n) is 14.0. The van der Waals surface area contributed by atoms with E-state index < -0.39 is 39.5 Å². The number of hydrogen-bond donors (Lipinski definition) is 2. The number of benzene rings is 3. The van der Waals surface area contributed by atoms with Crippen LogP contribution in [0, 0.1) is 5.82 Å². The van der Waals surface area contributed by atoms with Crippen LogP contribution in [-0.2, 0) is 27.5 Å². The van der Waals surface area contributed by atoms with Crippen LogP contribution < -0.4 is 10.6 Å². The van der Waals surface area contributed by atoms with Gasteiger partial charge < -0.3 is 10.6 Å². The molecule has 0 aliphatic carbocycles. The summed E-state index contributed by atoms with van der Waals surface area (Å²) in [5.41, 5.74) is 1.67. The largest absolute Gasteiger partial charge is 0.416 e. The van der Waals surface area contributed by atoms with Crippen LogP contribution in [0.2, 0.25) is 0 Å². The quantitative estimate of drug-likeness (QED) is 0.206. The zero-order valence-corrected chi connectivity index (χ0v) is 24.5. The molecule has 0 radical (unpaired) electrons. The first-order chi connectivity index (χ1) is 20.9. The van der Waals surface area contributed by atoms with Gasteiger partial charge in [-0.2, -0.15) is 17.5 Å². The second-order valence-electron chi connectivity index (χ2n) is 10.5. The van der Waals surface area contributed by atoms with Crippen LogP contribution in [0.25, 0.3) is 11.3 Å². The van der Waals surface area contributed by atoms with Crippen molar-refractivity contribution in [1.29, 1.82) is 0 Å². The standard InChI is InChI=1S/C32H30F4N4O3S/c1-21(23-6-3-2-4-7-23)38-30-19-22(18-28(39-30)24-9-11-25(12-10-24)32(34,35)36)20-37-31(41)29-8-5-17-40(29)44(42,43)27-15-13-26(33)14-16-27/h2-4,6-7,9-16,18-19,21,29H,5,8,17,20H2,1H3,(H,37,41)(H,38,39)/t21?,29-/m0/s1. The molecule has 1 aliphatic heterocycles. The Bertz CT molecular complexity index is 1720. The number of rotatable bonds is 9. The Morgan fingerprint density at radius 1 is 1.00 bits per heavy atom. The summed E-state index contributed by atoms with van der Waals surface area (Å²) in [5.74, 6) is -0.614. The summed E-state index contributed by atoms with van der Waals surface area (Å²) in [5, 5.41) is 6.13. The molecule has 230 valence electrons. The lowest BCUT2D eigenvalue weighted by molar-refractivity contribution is -0.137. The predicted octanol–water partition coefficient (Wildman–Crippen LogP) is 6.55. The lowest BCUT2D eigenvalue weighted by atomic mass is 10.1. The van der Waals surface area contributed by atoms with Gasteiger partial charge in [0.25, 0.3) is 0 Å². The smallest absolute Gasteiger partial charge is 0.364 e. The molecule has 7 nitrogen and oxygen atoms in total. The zero-order valence-electron chi connectivity index (χ0n) is 23.7. The number of halogens is 4. The number of nitrogens with zero attached hydrogens (tertiary/aromatic N) is 2. The molecule has 1 unspecified atom stereocenters. The Kier molecular flexibility index (Phi) is 9.02. The summed E-state index contributed by atoms with van der Waals surface area (Å²) in [6, 6.07) is 21.0. The van der Waals surface area contributed by atoms with Crippen LogP contribution in [0.5, 0.6) is 0 Å². The molecule has 1 amide bonds. The van der Waals surface area contributed by atoms with Gasteiger partial charge in [0.1, 0.15) is 17.7 Å². The first kappa shape index (κ1) is 31.1. The Hall–Kier alpha value is -4.29. The van der Waals surface area contributed by atoms with Crippen molar-refractivity contribution in [3.63, 3.8) is 0 Å². The normalized spacial score (nSPS) is 16.4. The molecular formula is C32H30F4N4O3S. The molecule has 2 N–H and O–H groups in total. The van der Waals surface area contributed by atoms with Gasteiger partial charge in [0, 0.05) is 24.7 Å². The average molecular weight is 627 g/mol. The molecule has 1 saturated heterocycles. The van der Waals surface area contributed by atoms with E-state index >= 15 is 0 Å². The highest BCUT2D eigenvalue weighted by atomic mass is 32.2. The number of alkyl halides is 3.